The van der Waals surface area contributed by atoms with Crippen LogP contribution in [-0.2, 0) is 0 Å². The molecule has 1 fully saturated rings. The average molecular weight is 262 g/mol. The number of nitrogens with zero attached hydrogens (tertiary/aromatic N) is 3. The highest BCUT2D eigenvalue weighted by atomic mass is 15.3. The fourth-order valence-electron chi connectivity index (χ4n) is 2.55. The summed E-state index contributed by atoms with van der Waals surface area (Å²) in [6.07, 6.45) is 7.63. The van der Waals surface area contributed by atoms with Crippen LogP contribution in [0.5, 0.6) is 0 Å². The standard InChI is InChI=1S/C15H26N4/c1-12(2)8-16-11-14-6-4-5-7-19(14)15-17-9-13(3)10-18-15/h9-10,12,14,16H,4-8,11H2,1-3H3. The number of piperidine rings is 1. The van der Waals surface area contributed by atoms with Gasteiger partial charge in [0.05, 0.1) is 0 Å². The first-order valence-corrected chi connectivity index (χ1v) is 7.43. The molecular formula is C15H26N4. The molecule has 4 nitrogen and oxygen atoms in total. The van der Waals surface area contributed by atoms with Gasteiger partial charge in [-0.25, -0.2) is 9.97 Å². The highest BCUT2D eigenvalue weighted by molar-refractivity contribution is 5.32. The van der Waals surface area contributed by atoms with Crippen molar-refractivity contribution in [3.8, 4) is 0 Å². The van der Waals surface area contributed by atoms with E-state index in [1.165, 1.54) is 19.3 Å². The highest BCUT2D eigenvalue weighted by Gasteiger charge is 2.24. The van der Waals surface area contributed by atoms with Gasteiger partial charge in [-0.15, -0.1) is 0 Å². The minimum atomic E-state index is 0.537. The van der Waals surface area contributed by atoms with Gasteiger partial charge < -0.3 is 10.2 Å². The molecule has 1 unspecified atom stereocenters. The van der Waals surface area contributed by atoms with E-state index in [0.717, 1.165) is 31.1 Å². The van der Waals surface area contributed by atoms with Gasteiger partial charge in [0.1, 0.15) is 0 Å². The van der Waals surface area contributed by atoms with Crippen LogP contribution in [0.15, 0.2) is 12.4 Å². The van der Waals surface area contributed by atoms with Gasteiger partial charge >= 0.3 is 0 Å². The van der Waals surface area contributed by atoms with Gasteiger partial charge in [-0.2, -0.15) is 0 Å². The van der Waals surface area contributed by atoms with E-state index in [-0.39, 0.29) is 0 Å². The van der Waals surface area contributed by atoms with Crippen molar-refractivity contribution in [2.75, 3.05) is 24.5 Å². The Hall–Kier alpha value is -1.16. The number of hydrogen-bond acceptors (Lipinski definition) is 4. The van der Waals surface area contributed by atoms with Crippen LogP contribution in [0.4, 0.5) is 5.95 Å². The van der Waals surface area contributed by atoms with E-state index < -0.39 is 0 Å². The maximum Gasteiger partial charge on any atom is 0.225 e. The Kier molecular flexibility index (Phi) is 5.14. The van der Waals surface area contributed by atoms with Crippen molar-refractivity contribution >= 4 is 5.95 Å². The zero-order valence-electron chi connectivity index (χ0n) is 12.4. The van der Waals surface area contributed by atoms with E-state index in [0.29, 0.717) is 12.0 Å². The first-order chi connectivity index (χ1) is 9.16. The van der Waals surface area contributed by atoms with E-state index in [9.17, 15) is 0 Å². The summed E-state index contributed by atoms with van der Waals surface area (Å²) in [7, 11) is 0. The fourth-order valence-corrected chi connectivity index (χ4v) is 2.55. The number of hydrogen-bond donors (Lipinski definition) is 1. The van der Waals surface area contributed by atoms with Crippen molar-refractivity contribution in [2.45, 2.75) is 46.1 Å². The predicted molar refractivity (Wildman–Crippen MR) is 79.5 cm³/mol. The minimum absolute atomic E-state index is 0.537. The van der Waals surface area contributed by atoms with Crippen molar-refractivity contribution < 1.29 is 0 Å². The molecule has 4 heteroatoms. The van der Waals surface area contributed by atoms with E-state index >= 15 is 0 Å². The molecule has 0 bridgehead atoms. The maximum absolute atomic E-state index is 4.48. The van der Waals surface area contributed by atoms with Crippen molar-refractivity contribution in [3.05, 3.63) is 18.0 Å². The molecule has 1 aromatic rings. The average Bonchev–Trinajstić information content (AvgIpc) is 2.40. The first-order valence-electron chi connectivity index (χ1n) is 7.43. The normalized spacial score (nSPS) is 20.0. The Bertz CT molecular complexity index is 374. The molecule has 0 amide bonds. The minimum Gasteiger partial charge on any atom is -0.337 e. The fraction of sp³-hybridized carbons (Fsp3) is 0.733. The lowest BCUT2D eigenvalue weighted by Gasteiger charge is -2.36. The second-order valence-corrected chi connectivity index (χ2v) is 5.96. The van der Waals surface area contributed by atoms with Crippen LogP contribution in [0, 0.1) is 12.8 Å². The predicted octanol–water partition coefficient (Wildman–Crippen LogP) is 2.39. The molecule has 1 N–H and O–H groups in total. The van der Waals surface area contributed by atoms with Gasteiger partial charge in [0.2, 0.25) is 5.95 Å². The lowest BCUT2D eigenvalue weighted by Crippen LogP contribution is -2.46. The third kappa shape index (κ3) is 4.16. The number of aromatic nitrogens is 2. The van der Waals surface area contributed by atoms with Crippen LogP contribution in [0.25, 0.3) is 0 Å². The second kappa shape index (κ2) is 6.85. The summed E-state index contributed by atoms with van der Waals surface area (Å²) in [5, 5.41) is 3.57. The van der Waals surface area contributed by atoms with E-state index in [2.05, 4.69) is 34.0 Å². The molecule has 106 valence electrons. The van der Waals surface area contributed by atoms with Gasteiger partial charge in [-0.05, 0) is 44.2 Å². The SMILES string of the molecule is Cc1cnc(N2CCCCC2CNCC(C)C)nc1. The summed E-state index contributed by atoms with van der Waals surface area (Å²) < 4.78 is 0. The lowest BCUT2D eigenvalue weighted by atomic mass is 10.0. The molecule has 1 aromatic heterocycles. The first kappa shape index (κ1) is 14.3. The Morgan fingerprint density at radius 1 is 1.32 bits per heavy atom. The second-order valence-electron chi connectivity index (χ2n) is 5.96. The van der Waals surface area contributed by atoms with Crippen LogP contribution in [-0.4, -0.2) is 35.6 Å². The molecule has 2 rings (SSSR count). The molecule has 1 aliphatic rings. The molecule has 1 atom stereocenters. The van der Waals surface area contributed by atoms with Gasteiger partial charge in [0.15, 0.2) is 0 Å². The summed E-state index contributed by atoms with van der Waals surface area (Å²) in [6, 6.07) is 0.537. The quantitative estimate of drug-likeness (QED) is 0.884. The molecule has 0 saturated carbocycles. The summed E-state index contributed by atoms with van der Waals surface area (Å²) in [5.41, 5.74) is 1.12. The van der Waals surface area contributed by atoms with Crippen LogP contribution < -0.4 is 10.2 Å². The summed E-state index contributed by atoms with van der Waals surface area (Å²) in [4.78, 5) is 11.3. The van der Waals surface area contributed by atoms with Crippen molar-refractivity contribution in [1.82, 2.24) is 15.3 Å². The third-order valence-electron chi connectivity index (χ3n) is 3.58. The lowest BCUT2D eigenvalue weighted by molar-refractivity contribution is 0.418. The molecule has 0 aliphatic carbocycles. The largest absolute Gasteiger partial charge is 0.337 e. The van der Waals surface area contributed by atoms with E-state index in [4.69, 9.17) is 0 Å². The molecule has 1 saturated heterocycles. The Morgan fingerprint density at radius 3 is 2.74 bits per heavy atom. The molecule has 1 aliphatic heterocycles. The van der Waals surface area contributed by atoms with Crippen molar-refractivity contribution in [2.24, 2.45) is 5.92 Å². The Labute approximate surface area is 116 Å². The van der Waals surface area contributed by atoms with E-state index in [1.807, 2.05) is 19.3 Å². The van der Waals surface area contributed by atoms with Crippen LogP contribution in [0.1, 0.15) is 38.7 Å². The van der Waals surface area contributed by atoms with Crippen LogP contribution in [0.3, 0.4) is 0 Å². The number of nitrogens with one attached hydrogen (secondary N) is 1. The van der Waals surface area contributed by atoms with E-state index in [1.54, 1.807) is 0 Å². The zero-order chi connectivity index (χ0) is 13.7. The number of aryl methyl sites for hydroxylation is 1. The molecule has 0 aromatic carbocycles. The third-order valence-corrected chi connectivity index (χ3v) is 3.58. The smallest absolute Gasteiger partial charge is 0.225 e. The molecule has 2 heterocycles. The monoisotopic (exact) mass is 262 g/mol. The molecule has 19 heavy (non-hydrogen) atoms. The van der Waals surface area contributed by atoms with Gasteiger partial charge in [-0.3, -0.25) is 0 Å². The molecule has 0 radical (unpaired) electrons. The molecule has 0 spiro atoms. The number of anilines is 1. The topological polar surface area (TPSA) is 41.1 Å². The Balaban J connectivity index is 1.97. The maximum atomic E-state index is 4.48. The van der Waals surface area contributed by atoms with Crippen LogP contribution in [0.2, 0.25) is 0 Å². The summed E-state index contributed by atoms with van der Waals surface area (Å²) in [5.74, 6) is 1.59. The van der Waals surface area contributed by atoms with Crippen molar-refractivity contribution in [3.63, 3.8) is 0 Å². The zero-order valence-corrected chi connectivity index (χ0v) is 12.4. The van der Waals surface area contributed by atoms with Gasteiger partial charge in [0, 0.05) is 31.5 Å². The summed E-state index contributed by atoms with van der Waals surface area (Å²) >= 11 is 0. The Morgan fingerprint density at radius 2 is 2.05 bits per heavy atom. The highest BCUT2D eigenvalue weighted by Crippen LogP contribution is 2.21. The van der Waals surface area contributed by atoms with Gasteiger partial charge in [0.25, 0.3) is 0 Å². The summed E-state index contributed by atoms with van der Waals surface area (Å²) in [6.45, 7) is 9.72. The van der Waals surface area contributed by atoms with Gasteiger partial charge in [-0.1, -0.05) is 13.8 Å². The van der Waals surface area contributed by atoms with Crippen LogP contribution >= 0.6 is 0 Å². The number of rotatable bonds is 5. The molecular weight excluding hydrogens is 236 g/mol. The van der Waals surface area contributed by atoms with Crippen molar-refractivity contribution in [1.29, 1.82) is 0 Å².